The minimum atomic E-state index is 0.937. The molecule has 0 fully saturated rings. The fourth-order valence-corrected chi connectivity index (χ4v) is 6.45. The fourth-order valence-electron chi connectivity index (χ4n) is 6.45. The van der Waals surface area contributed by atoms with Crippen LogP contribution in [0.2, 0.25) is 0 Å². The van der Waals surface area contributed by atoms with Crippen molar-refractivity contribution < 1.29 is 0 Å². The van der Waals surface area contributed by atoms with Gasteiger partial charge in [-0.25, -0.2) is 4.98 Å². The van der Waals surface area contributed by atoms with E-state index in [1.54, 1.807) is 0 Å². The number of pyridine rings is 3. The largest absolute Gasteiger partial charge is 0.264 e. The SMILES string of the molecule is c1ccc2cc3cc(-c4ccc(-c5cc(-c6ccc7cnccc7c6)nc(-c6ccc7cnccc7c6)c5)cc4)ccc3cc2c1. The Kier molecular flexibility index (Phi) is 6.14. The number of aromatic nitrogens is 3. The molecule has 0 saturated carbocycles. The minimum absolute atomic E-state index is 0.937. The zero-order valence-electron chi connectivity index (χ0n) is 24.9. The van der Waals surface area contributed by atoms with E-state index in [1.165, 1.54) is 32.7 Å². The molecule has 0 aliphatic rings. The molecule has 0 aliphatic heterocycles. The second kappa shape index (κ2) is 10.8. The van der Waals surface area contributed by atoms with Crippen LogP contribution in [0.3, 0.4) is 0 Å². The van der Waals surface area contributed by atoms with Crippen molar-refractivity contribution in [3.05, 3.63) is 164 Å². The van der Waals surface area contributed by atoms with Gasteiger partial charge in [-0.3, -0.25) is 9.97 Å². The summed E-state index contributed by atoms with van der Waals surface area (Å²) < 4.78 is 0. The Morgan fingerprint density at radius 1 is 0.283 bits per heavy atom. The number of rotatable bonds is 4. The average molecular weight is 586 g/mol. The summed E-state index contributed by atoms with van der Waals surface area (Å²) in [6, 6.07) is 50.2. The highest BCUT2D eigenvalue weighted by molar-refractivity contribution is 6.00. The van der Waals surface area contributed by atoms with E-state index in [1.807, 2.05) is 24.8 Å². The Bertz CT molecular complexity index is 2490. The molecule has 0 unspecified atom stereocenters. The van der Waals surface area contributed by atoms with Crippen molar-refractivity contribution in [1.29, 1.82) is 0 Å². The maximum Gasteiger partial charge on any atom is 0.0715 e. The minimum Gasteiger partial charge on any atom is -0.264 e. The lowest BCUT2D eigenvalue weighted by atomic mass is 9.95. The van der Waals surface area contributed by atoms with E-state index in [-0.39, 0.29) is 0 Å². The summed E-state index contributed by atoms with van der Waals surface area (Å²) in [5.41, 5.74) is 8.70. The van der Waals surface area contributed by atoms with Gasteiger partial charge in [0.2, 0.25) is 0 Å². The summed E-state index contributed by atoms with van der Waals surface area (Å²) in [6.45, 7) is 0. The Hall–Kier alpha value is -6.19. The fraction of sp³-hybridized carbons (Fsp3) is 0. The molecule has 0 spiro atoms. The van der Waals surface area contributed by atoms with Gasteiger partial charge in [-0.15, -0.1) is 0 Å². The third kappa shape index (κ3) is 4.75. The summed E-state index contributed by atoms with van der Waals surface area (Å²) in [6.07, 6.45) is 7.48. The molecule has 0 aliphatic carbocycles. The first-order valence-corrected chi connectivity index (χ1v) is 15.5. The first-order valence-electron chi connectivity index (χ1n) is 15.5. The number of hydrogen-bond acceptors (Lipinski definition) is 3. The van der Waals surface area contributed by atoms with E-state index in [4.69, 9.17) is 4.98 Å². The van der Waals surface area contributed by atoms with Crippen molar-refractivity contribution in [3.63, 3.8) is 0 Å². The highest BCUT2D eigenvalue weighted by Crippen LogP contribution is 2.34. The number of hydrogen-bond donors (Lipinski definition) is 0. The van der Waals surface area contributed by atoms with Gasteiger partial charge < -0.3 is 0 Å². The standard InChI is InChI=1S/C43H27N3/c1-2-4-31-22-40-23-32(9-10-33(40)19-30(31)3-1)28-5-7-29(8-6-28)41-24-42(36-11-13-38-26-44-17-15-34(38)20-36)46-43(25-41)37-12-14-39-27-45-18-16-35(39)21-37/h1-27H. The van der Waals surface area contributed by atoms with Crippen LogP contribution in [0.5, 0.6) is 0 Å². The van der Waals surface area contributed by atoms with Gasteiger partial charge in [-0.2, -0.15) is 0 Å². The highest BCUT2D eigenvalue weighted by atomic mass is 14.7. The third-order valence-corrected chi connectivity index (χ3v) is 8.95. The van der Waals surface area contributed by atoms with Crippen molar-refractivity contribution in [1.82, 2.24) is 15.0 Å². The number of nitrogens with zero attached hydrogens (tertiary/aromatic N) is 3. The Morgan fingerprint density at radius 2 is 0.717 bits per heavy atom. The molecule has 3 nitrogen and oxygen atoms in total. The molecule has 46 heavy (non-hydrogen) atoms. The predicted octanol–water partition coefficient (Wildman–Crippen LogP) is 11.2. The van der Waals surface area contributed by atoms with Gasteiger partial charge in [0.25, 0.3) is 0 Å². The maximum absolute atomic E-state index is 5.20. The van der Waals surface area contributed by atoms with Crippen LogP contribution in [-0.4, -0.2) is 15.0 Å². The molecule has 6 aromatic carbocycles. The van der Waals surface area contributed by atoms with E-state index in [0.29, 0.717) is 0 Å². The molecule has 9 rings (SSSR count). The summed E-state index contributed by atoms with van der Waals surface area (Å²) in [5, 5.41) is 9.56. The quantitative estimate of drug-likeness (QED) is 0.193. The van der Waals surface area contributed by atoms with Crippen LogP contribution in [0.25, 0.3) is 87.9 Å². The summed E-state index contributed by atoms with van der Waals surface area (Å²) in [5.74, 6) is 0. The first-order chi connectivity index (χ1) is 22.7. The van der Waals surface area contributed by atoms with Gasteiger partial charge in [0, 0.05) is 46.7 Å². The molecule has 0 amide bonds. The van der Waals surface area contributed by atoms with Crippen molar-refractivity contribution in [2.45, 2.75) is 0 Å². The van der Waals surface area contributed by atoms with Crippen LogP contribution in [0.4, 0.5) is 0 Å². The molecule has 9 aromatic rings. The Morgan fingerprint density at radius 3 is 1.33 bits per heavy atom. The van der Waals surface area contributed by atoms with Crippen LogP contribution in [-0.2, 0) is 0 Å². The van der Waals surface area contributed by atoms with Gasteiger partial charge in [0.1, 0.15) is 0 Å². The molecule has 0 bridgehead atoms. The van der Waals surface area contributed by atoms with Crippen LogP contribution >= 0.6 is 0 Å². The van der Waals surface area contributed by atoms with Crippen molar-refractivity contribution >= 4 is 43.1 Å². The average Bonchev–Trinajstić information content (AvgIpc) is 3.13. The van der Waals surface area contributed by atoms with Crippen LogP contribution < -0.4 is 0 Å². The monoisotopic (exact) mass is 585 g/mol. The van der Waals surface area contributed by atoms with Gasteiger partial charge in [-0.05, 0) is 109 Å². The smallest absolute Gasteiger partial charge is 0.0715 e. The van der Waals surface area contributed by atoms with E-state index >= 15 is 0 Å². The van der Waals surface area contributed by atoms with E-state index < -0.39 is 0 Å². The number of benzene rings is 6. The lowest BCUT2D eigenvalue weighted by molar-refractivity contribution is 1.32. The first kappa shape index (κ1) is 26.2. The summed E-state index contributed by atoms with van der Waals surface area (Å²) in [7, 11) is 0. The molecule has 3 heteroatoms. The lowest BCUT2D eigenvalue weighted by Crippen LogP contribution is -1.92. The molecule has 3 aromatic heterocycles. The molecule has 0 radical (unpaired) electrons. The Labute approximate surface area is 266 Å². The molecule has 0 N–H and O–H groups in total. The van der Waals surface area contributed by atoms with E-state index in [9.17, 15) is 0 Å². The zero-order chi connectivity index (χ0) is 30.5. The van der Waals surface area contributed by atoms with Crippen LogP contribution in [0, 0.1) is 0 Å². The normalized spacial score (nSPS) is 11.5. The Balaban J connectivity index is 1.14. The molecular formula is C43H27N3. The maximum atomic E-state index is 5.20. The zero-order valence-corrected chi connectivity index (χ0v) is 24.9. The van der Waals surface area contributed by atoms with Gasteiger partial charge >= 0.3 is 0 Å². The van der Waals surface area contributed by atoms with E-state index in [0.717, 1.165) is 55.2 Å². The third-order valence-electron chi connectivity index (χ3n) is 8.95. The molecular weight excluding hydrogens is 558 g/mol. The summed E-state index contributed by atoms with van der Waals surface area (Å²) in [4.78, 5) is 13.8. The molecule has 3 heterocycles. The lowest BCUT2D eigenvalue weighted by Gasteiger charge is -2.12. The summed E-state index contributed by atoms with van der Waals surface area (Å²) >= 11 is 0. The molecule has 0 atom stereocenters. The van der Waals surface area contributed by atoms with E-state index in [2.05, 4.69) is 149 Å². The van der Waals surface area contributed by atoms with Crippen molar-refractivity contribution in [2.24, 2.45) is 0 Å². The highest BCUT2D eigenvalue weighted by Gasteiger charge is 2.11. The van der Waals surface area contributed by atoms with Crippen molar-refractivity contribution in [2.75, 3.05) is 0 Å². The van der Waals surface area contributed by atoms with Crippen molar-refractivity contribution in [3.8, 4) is 44.8 Å². The van der Waals surface area contributed by atoms with Crippen LogP contribution in [0.1, 0.15) is 0 Å². The van der Waals surface area contributed by atoms with Gasteiger partial charge in [0.15, 0.2) is 0 Å². The number of fused-ring (bicyclic) bond motifs is 4. The second-order valence-electron chi connectivity index (χ2n) is 11.8. The second-order valence-corrected chi connectivity index (χ2v) is 11.8. The van der Waals surface area contributed by atoms with Gasteiger partial charge in [-0.1, -0.05) is 84.9 Å². The van der Waals surface area contributed by atoms with Gasteiger partial charge in [0.05, 0.1) is 11.4 Å². The van der Waals surface area contributed by atoms with Crippen LogP contribution in [0.15, 0.2) is 164 Å². The predicted molar refractivity (Wildman–Crippen MR) is 192 cm³/mol. The molecule has 0 saturated heterocycles. The topological polar surface area (TPSA) is 38.7 Å². The molecule has 214 valence electrons.